The lowest BCUT2D eigenvalue weighted by Gasteiger charge is -2.17. The largest absolute Gasteiger partial charge is 0.394 e. The molecule has 3 aromatic rings. The van der Waals surface area contributed by atoms with Gasteiger partial charge in [-0.1, -0.05) is 35.4 Å². The molecule has 1 saturated heterocycles. The molecule has 0 unspecified atom stereocenters. The zero-order valence-corrected chi connectivity index (χ0v) is 15.7. The molecule has 1 aliphatic rings. The van der Waals surface area contributed by atoms with Crippen LogP contribution in [0.1, 0.15) is 23.8 Å². The number of aliphatic hydroxyl groups excluding tert-OH is 1. The van der Waals surface area contributed by atoms with Crippen LogP contribution in [0.15, 0.2) is 46.1 Å². The van der Waals surface area contributed by atoms with Gasteiger partial charge < -0.3 is 15.2 Å². The Kier molecular flexibility index (Phi) is 5.23. The van der Waals surface area contributed by atoms with Crippen LogP contribution in [0.3, 0.4) is 0 Å². The van der Waals surface area contributed by atoms with Gasteiger partial charge in [0.1, 0.15) is 12.3 Å². The summed E-state index contributed by atoms with van der Waals surface area (Å²) in [4.78, 5) is 26.0. The molecule has 152 valence electrons. The van der Waals surface area contributed by atoms with Crippen molar-refractivity contribution < 1.29 is 9.84 Å². The van der Waals surface area contributed by atoms with Gasteiger partial charge in [0.15, 0.2) is 0 Å². The van der Waals surface area contributed by atoms with E-state index >= 15 is 0 Å². The van der Waals surface area contributed by atoms with Gasteiger partial charge in [0.2, 0.25) is 5.95 Å². The van der Waals surface area contributed by atoms with Gasteiger partial charge in [-0.25, -0.2) is 9.48 Å². The molecule has 29 heavy (non-hydrogen) atoms. The first-order chi connectivity index (χ1) is 14.0. The second-order valence-electron chi connectivity index (χ2n) is 6.92. The van der Waals surface area contributed by atoms with E-state index in [1.165, 1.54) is 10.8 Å². The summed E-state index contributed by atoms with van der Waals surface area (Å²) in [6.45, 7) is 1.85. The Morgan fingerprint density at radius 3 is 2.86 bits per heavy atom. The monoisotopic (exact) mass is 399 g/mol. The third kappa shape index (κ3) is 3.96. The van der Waals surface area contributed by atoms with Crippen molar-refractivity contribution in [2.75, 3.05) is 11.9 Å². The van der Waals surface area contributed by atoms with E-state index in [1.807, 2.05) is 30.3 Å². The Morgan fingerprint density at radius 2 is 2.10 bits per heavy atom. The summed E-state index contributed by atoms with van der Waals surface area (Å²) >= 11 is 0. The van der Waals surface area contributed by atoms with Crippen LogP contribution in [-0.4, -0.2) is 53.6 Å². The second kappa shape index (κ2) is 7.97. The summed E-state index contributed by atoms with van der Waals surface area (Å²) in [5.74, 6) is 0.437. The lowest BCUT2D eigenvalue weighted by atomic mass is 10.1. The molecule has 3 N–H and O–H groups in total. The summed E-state index contributed by atoms with van der Waals surface area (Å²) in [6, 6.07) is 9.43. The van der Waals surface area contributed by atoms with Crippen molar-refractivity contribution in [2.24, 2.45) is 0 Å². The van der Waals surface area contributed by atoms with Gasteiger partial charge in [-0.15, -0.1) is 0 Å². The van der Waals surface area contributed by atoms with Gasteiger partial charge >= 0.3 is 5.69 Å². The van der Waals surface area contributed by atoms with E-state index in [1.54, 1.807) is 11.6 Å². The molecule has 2 aromatic heterocycles. The first kappa shape index (κ1) is 19.0. The highest BCUT2D eigenvalue weighted by Crippen LogP contribution is 2.29. The number of aliphatic hydroxyl groups is 1. The highest BCUT2D eigenvalue weighted by atomic mass is 16.5. The van der Waals surface area contributed by atoms with Crippen molar-refractivity contribution in [3.63, 3.8) is 0 Å². The number of anilines is 1. The van der Waals surface area contributed by atoms with Crippen LogP contribution >= 0.6 is 0 Å². The number of nitrogens with zero attached hydrogens (tertiary/aromatic N) is 5. The predicted molar refractivity (Wildman–Crippen MR) is 102 cm³/mol. The zero-order chi connectivity index (χ0) is 20.4. The number of ether oxygens (including phenoxy) is 1. The first-order valence-corrected chi connectivity index (χ1v) is 9.20. The van der Waals surface area contributed by atoms with E-state index < -0.39 is 23.6 Å². The Morgan fingerprint density at radius 1 is 1.31 bits per heavy atom. The van der Waals surface area contributed by atoms with Crippen molar-refractivity contribution in [1.29, 1.82) is 0 Å². The van der Waals surface area contributed by atoms with Gasteiger partial charge in [-0.3, -0.25) is 14.3 Å². The van der Waals surface area contributed by atoms with Crippen molar-refractivity contribution in [3.05, 3.63) is 68.5 Å². The Bertz CT molecular complexity index is 1090. The number of hydrogen-bond acceptors (Lipinski definition) is 8. The molecule has 1 fully saturated rings. The molecular formula is C18H21N7O4. The van der Waals surface area contributed by atoms with Crippen LogP contribution in [-0.2, 0) is 11.3 Å². The summed E-state index contributed by atoms with van der Waals surface area (Å²) in [5, 5.41) is 24.7. The lowest BCUT2D eigenvalue weighted by molar-refractivity contribution is -0.0262. The first-order valence-electron chi connectivity index (χ1n) is 9.20. The van der Waals surface area contributed by atoms with Crippen LogP contribution in [0.5, 0.6) is 0 Å². The topological polar surface area (TPSA) is 140 Å². The number of tetrazole rings is 1. The molecule has 0 saturated carbocycles. The average Bonchev–Trinajstić information content (AvgIpc) is 3.32. The summed E-state index contributed by atoms with van der Waals surface area (Å²) in [5.41, 5.74) is 0.448. The molecule has 11 nitrogen and oxygen atoms in total. The normalized spacial score (nSPS) is 21.4. The molecule has 11 heteroatoms. The summed E-state index contributed by atoms with van der Waals surface area (Å²) in [7, 11) is 0. The number of H-pyrrole nitrogens is 1. The molecule has 3 heterocycles. The van der Waals surface area contributed by atoms with Gasteiger partial charge in [-0.2, -0.15) is 0 Å². The van der Waals surface area contributed by atoms with E-state index in [4.69, 9.17) is 4.74 Å². The number of aryl methyl sites for hydroxylation is 1. The average molecular weight is 399 g/mol. The molecule has 0 amide bonds. The van der Waals surface area contributed by atoms with Crippen LogP contribution < -0.4 is 16.6 Å². The Labute approximate surface area is 165 Å². The fourth-order valence-corrected chi connectivity index (χ4v) is 3.36. The van der Waals surface area contributed by atoms with Gasteiger partial charge in [-0.05, 0) is 22.9 Å². The number of nitrogens with one attached hydrogen (secondary N) is 2. The second-order valence-corrected chi connectivity index (χ2v) is 6.92. The highest BCUT2D eigenvalue weighted by Gasteiger charge is 2.37. The number of aromatic nitrogens is 6. The number of rotatable bonds is 6. The summed E-state index contributed by atoms with van der Waals surface area (Å²) in [6.07, 6.45) is 0.642. The molecule has 4 rings (SSSR count). The molecule has 1 aliphatic heterocycles. The van der Waals surface area contributed by atoms with Crippen molar-refractivity contribution in [2.45, 2.75) is 38.3 Å². The zero-order valence-electron chi connectivity index (χ0n) is 15.7. The van der Waals surface area contributed by atoms with Gasteiger partial charge in [0.05, 0.1) is 19.2 Å². The maximum Gasteiger partial charge on any atom is 0.330 e. The molecular weight excluding hydrogens is 378 g/mol. The van der Waals surface area contributed by atoms with Crippen LogP contribution in [0.4, 0.5) is 5.95 Å². The minimum Gasteiger partial charge on any atom is -0.394 e. The number of hydrogen-bond donors (Lipinski definition) is 3. The quantitative estimate of drug-likeness (QED) is 0.511. The maximum absolute atomic E-state index is 12.2. The third-order valence-electron chi connectivity index (χ3n) is 4.89. The van der Waals surface area contributed by atoms with Gasteiger partial charge in [0, 0.05) is 18.2 Å². The number of aromatic amines is 1. The minimum absolute atomic E-state index is 0.245. The van der Waals surface area contributed by atoms with Crippen LogP contribution in [0.25, 0.3) is 0 Å². The van der Waals surface area contributed by atoms with Crippen molar-refractivity contribution in [3.8, 4) is 0 Å². The third-order valence-corrected chi connectivity index (χ3v) is 4.89. The molecule has 1 aromatic carbocycles. The molecule has 0 spiro atoms. The maximum atomic E-state index is 12.2. The van der Waals surface area contributed by atoms with Gasteiger partial charge in [0.25, 0.3) is 5.56 Å². The van der Waals surface area contributed by atoms with Crippen LogP contribution in [0.2, 0.25) is 0 Å². The highest BCUT2D eigenvalue weighted by molar-refractivity contribution is 5.27. The number of benzene rings is 1. The van der Waals surface area contributed by atoms with Crippen molar-refractivity contribution >= 4 is 5.95 Å². The minimum atomic E-state index is -0.633. The van der Waals surface area contributed by atoms with Crippen LogP contribution in [0, 0.1) is 6.92 Å². The van der Waals surface area contributed by atoms with E-state index in [-0.39, 0.29) is 12.6 Å². The van der Waals surface area contributed by atoms with E-state index in [0.717, 1.165) is 5.56 Å². The van der Waals surface area contributed by atoms with E-state index in [2.05, 4.69) is 25.8 Å². The standard InChI is InChI=1S/C18H21N7O4/c1-11-8-24(18(28)20-16(11)27)15-7-13(14(10-26)29-15)19-17-21-22-23-25(17)9-12-5-3-2-4-6-12/h2-6,8,13-15,26H,7,9-10H2,1H3,(H,19,21,23)(H,20,27,28)/t13-,14+,15+/m0/s1. The fraction of sp³-hybridized carbons (Fsp3) is 0.389. The summed E-state index contributed by atoms with van der Waals surface area (Å²) < 4.78 is 8.79. The van der Waals surface area contributed by atoms with E-state index in [0.29, 0.717) is 24.5 Å². The lowest BCUT2D eigenvalue weighted by Crippen LogP contribution is -2.33. The molecule has 0 bridgehead atoms. The molecule has 0 aliphatic carbocycles. The fourth-order valence-electron chi connectivity index (χ4n) is 3.36. The van der Waals surface area contributed by atoms with E-state index in [9.17, 15) is 14.7 Å². The smallest absolute Gasteiger partial charge is 0.330 e. The predicted octanol–water partition coefficient (Wildman–Crippen LogP) is -0.360. The SMILES string of the molecule is Cc1cn([C@H]2C[C@H](Nc3nnnn3Cc3ccccc3)[C@@H](CO)O2)c(=O)[nH]c1=O. The molecule has 3 atom stereocenters. The molecule has 0 radical (unpaired) electrons. The van der Waals surface area contributed by atoms with Crippen molar-refractivity contribution in [1.82, 2.24) is 29.8 Å². The Balaban J connectivity index is 1.53. The Hall–Kier alpha value is -3.31.